The summed E-state index contributed by atoms with van der Waals surface area (Å²) in [4.78, 5) is 2.31. The van der Waals surface area contributed by atoms with Crippen molar-refractivity contribution < 1.29 is 4.39 Å². The Morgan fingerprint density at radius 1 is 1.26 bits per heavy atom. The van der Waals surface area contributed by atoms with E-state index in [0.29, 0.717) is 5.92 Å². The minimum Gasteiger partial charge on any atom is -0.292 e. The molecule has 102 valence electrons. The molecule has 0 spiro atoms. The van der Waals surface area contributed by atoms with Crippen molar-refractivity contribution in [1.29, 1.82) is 0 Å². The van der Waals surface area contributed by atoms with Crippen LogP contribution in [0.4, 0.5) is 4.39 Å². The van der Waals surface area contributed by atoms with Crippen LogP contribution in [-0.4, -0.2) is 24.5 Å². The summed E-state index contributed by atoms with van der Waals surface area (Å²) in [6.07, 6.45) is 11.9. The van der Waals surface area contributed by atoms with Crippen LogP contribution in [-0.2, 0) is 0 Å². The van der Waals surface area contributed by atoms with Crippen LogP contribution >= 0.6 is 12.4 Å². The Hall–Kier alpha value is -1.30. The van der Waals surface area contributed by atoms with E-state index in [0.717, 1.165) is 38.0 Å². The number of nitrogens with zero attached hydrogens (tertiary/aromatic N) is 1. The molecule has 0 N–H and O–H groups in total. The Bertz CT molecular complexity index is 439. The number of hydrogen-bond donors (Lipinski definition) is 0. The molecule has 1 aromatic rings. The summed E-state index contributed by atoms with van der Waals surface area (Å²) in [7, 11) is 0. The molecule has 2 rings (SSSR count). The summed E-state index contributed by atoms with van der Waals surface area (Å²) in [6.45, 7) is 2.90. The highest BCUT2D eigenvalue weighted by Crippen LogP contribution is 2.19. The zero-order chi connectivity index (χ0) is 12.8. The van der Waals surface area contributed by atoms with Gasteiger partial charge in [0.15, 0.2) is 0 Å². The van der Waals surface area contributed by atoms with Gasteiger partial charge in [0.1, 0.15) is 5.82 Å². The van der Waals surface area contributed by atoms with Gasteiger partial charge in [-0.05, 0) is 49.5 Å². The van der Waals surface area contributed by atoms with Gasteiger partial charge in [0.25, 0.3) is 0 Å². The second-order valence-electron chi connectivity index (χ2n) is 4.73. The normalized spacial score (nSPS) is 17.1. The summed E-state index contributed by atoms with van der Waals surface area (Å²) >= 11 is 0. The monoisotopic (exact) mass is 279 g/mol. The summed E-state index contributed by atoms with van der Waals surface area (Å²) in [6, 6.07) is 6.60. The van der Waals surface area contributed by atoms with Gasteiger partial charge in [0.05, 0.1) is 6.54 Å². The first-order chi connectivity index (χ1) is 8.78. The molecular formula is C16H19ClFN. The number of benzene rings is 1. The summed E-state index contributed by atoms with van der Waals surface area (Å²) < 4.78 is 12.8. The topological polar surface area (TPSA) is 3.24 Å². The van der Waals surface area contributed by atoms with Gasteiger partial charge in [-0.2, -0.15) is 0 Å². The fourth-order valence-electron chi connectivity index (χ4n) is 2.25. The summed E-state index contributed by atoms with van der Waals surface area (Å²) in [5.74, 6) is 3.12. The zero-order valence-electron chi connectivity index (χ0n) is 10.9. The summed E-state index contributed by atoms with van der Waals surface area (Å²) in [5.41, 5.74) is 1.06. The molecule has 0 amide bonds. The Morgan fingerprint density at radius 3 is 2.47 bits per heavy atom. The van der Waals surface area contributed by atoms with Crippen LogP contribution < -0.4 is 0 Å². The molecule has 1 nitrogen and oxygen atoms in total. The highest BCUT2D eigenvalue weighted by molar-refractivity contribution is 5.85. The SMILES string of the molecule is C#CCN1CCC(/C=C/c2ccc(F)cc2)CC1.Cl. The van der Waals surface area contributed by atoms with E-state index in [9.17, 15) is 4.39 Å². The van der Waals surface area contributed by atoms with Crippen LogP contribution in [0.3, 0.4) is 0 Å². The molecule has 1 saturated heterocycles. The number of piperidine rings is 1. The third-order valence-electron chi connectivity index (χ3n) is 3.38. The minimum atomic E-state index is -0.185. The van der Waals surface area contributed by atoms with Crippen LogP contribution in [0.1, 0.15) is 18.4 Å². The standard InChI is InChI=1S/C16H18FN.ClH/c1-2-11-18-12-9-15(10-13-18)4-3-14-5-7-16(17)8-6-14;/h1,3-8,15H,9-13H2;1H/b4-3+;. The molecule has 3 heteroatoms. The minimum absolute atomic E-state index is 0. The van der Waals surface area contributed by atoms with Crippen molar-refractivity contribution >= 4 is 18.5 Å². The van der Waals surface area contributed by atoms with Gasteiger partial charge in [0.2, 0.25) is 0 Å². The Balaban J connectivity index is 0.00000180. The summed E-state index contributed by atoms with van der Waals surface area (Å²) in [5, 5.41) is 0. The van der Waals surface area contributed by atoms with Crippen molar-refractivity contribution in [3.05, 3.63) is 41.7 Å². The molecule has 1 aliphatic heterocycles. The molecule has 0 aliphatic carbocycles. The third-order valence-corrected chi connectivity index (χ3v) is 3.38. The predicted octanol–water partition coefficient (Wildman–Crippen LogP) is 3.61. The number of terminal acetylenes is 1. The molecule has 0 bridgehead atoms. The van der Waals surface area contributed by atoms with E-state index in [2.05, 4.69) is 23.0 Å². The maximum absolute atomic E-state index is 12.8. The predicted molar refractivity (Wildman–Crippen MR) is 80.7 cm³/mol. The van der Waals surface area contributed by atoms with Crippen LogP contribution in [0.15, 0.2) is 30.3 Å². The molecule has 19 heavy (non-hydrogen) atoms. The largest absolute Gasteiger partial charge is 0.292 e. The fraction of sp³-hybridized carbons (Fsp3) is 0.375. The maximum atomic E-state index is 12.8. The second kappa shape index (κ2) is 7.99. The highest BCUT2D eigenvalue weighted by Gasteiger charge is 2.15. The van der Waals surface area contributed by atoms with E-state index in [1.54, 1.807) is 12.1 Å². The maximum Gasteiger partial charge on any atom is 0.123 e. The van der Waals surface area contributed by atoms with E-state index >= 15 is 0 Å². The average Bonchev–Trinajstić information content (AvgIpc) is 2.40. The molecule has 1 heterocycles. The van der Waals surface area contributed by atoms with Gasteiger partial charge in [-0.3, -0.25) is 4.90 Å². The van der Waals surface area contributed by atoms with Gasteiger partial charge in [0, 0.05) is 0 Å². The van der Waals surface area contributed by atoms with Crippen molar-refractivity contribution in [2.45, 2.75) is 12.8 Å². The van der Waals surface area contributed by atoms with Gasteiger partial charge in [-0.25, -0.2) is 4.39 Å². The molecule has 1 aliphatic rings. The van der Waals surface area contributed by atoms with Crippen LogP contribution in [0.25, 0.3) is 6.08 Å². The van der Waals surface area contributed by atoms with Crippen LogP contribution in [0.2, 0.25) is 0 Å². The molecule has 1 fully saturated rings. The molecule has 0 unspecified atom stereocenters. The number of allylic oxidation sites excluding steroid dienone is 1. The van der Waals surface area contributed by atoms with Crippen molar-refractivity contribution in [3.63, 3.8) is 0 Å². The van der Waals surface area contributed by atoms with E-state index in [1.165, 1.54) is 12.1 Å². The second-order valence-corrected chi connectivity index (χ2v) is 4.73. The Labute approximate surface area is 120 Å². The molecular weight excluding hydrogens is 261 g/mol. The lowest BCUT2D eigenvalue weighted by Crippen LogP contribution is -2.33. The van der Waals surface area contributed by atoms with Gasteiger partial charge >= 0.3 is 0 Å². The van der Waals surface area contributed by atoms with Gasteiger partial charge in [-0.1, -0.05) is 30.2 Å². The number of rotatable bonds is 3. The molecule has 0 aromatic heterocycles. The first kappa shape index (κ1) is 15.8. The van der Waals surface area contributed by atoms with Crippen LogP contribution in [0, 0.1) is 24.1 Å². The number of halogens is 2. The lowest BCUT2D eigenvalue weighted by molar-refractivity contribution is 0.226. The number of likely N-dealkylation sites (tertiary alicyclic amines) is 1. The number of hydrogen-bond acceptors (Lipinski definition) is 1. The van der Waals surface area contributed by atoms with E-state index in [-0.39, 0.29) is 18.2 Å². The van der Waals surface area contributed by atoms with E-state index < -0.39 is 0 Å². The molecule has 0 atom stereocenters. The third kappa shape index (κ3) is 5.06. The lowest BCUT2D eigenvalue weighted by Gasteiger charge is -2.28. The molecule has 0 saturated carbocycles. The fourth-order valence-corrected chi connectivity index (χ4v) is 2.25. The van der Waals surface area contributed by atoms with E-state index in [1.807, 2.05) is 0 Å². The van der Waals surface area contributed by atoms with Crippen molar-refractivity contribution in [1.82, 2.24) is 4.90 Å². The first-order valence-corrected chi connectivity index (χ1v) is 6.37. The van der Waals surface area contributed by atoms with Crippen molar-refractivity contribution in [3.8, 4) is 12.3 Å². The van der Waals surface area contributed by atoms with Crippen molar-refractivity contribution in [2.24, 2.45) is 5.92 Å². The quantitative estimate of drug-likeness (QED) is 0.764. The van der Waals surface area contributed by atoms with Crippen molar-refractivity contribution in [2.75, 3.05) is 19.6 Å². The zero-order valence-corrected chi connectivity index (χ0v) is 11.7. The van der Waals surface area contributed by atoms with Crippen LogP contribution in [0.5, 0.6) is 0 Å². The lowest BCUT2D eigenvalue weighted by atomic mass is 9.95. The highest BCUT2D eigenvalue weighted by atomic mass is 35.5. The van der Waals surface area contributed by atoms with Gasteiger partial charge < -0.3 is 0 Å². The molecule has 1 aromatic carbocycles. The average molecular weight is 280 g/mol. The first-order valence-electron chi connectivity index (χ1n) is 6.37. The van der Waals surface area contributed by atoms with Gasteiger partial charge in [-0.15, -0.1) is 18.8 Å². The van der Waals surface area contributed by atoms with E-state index in [4.69, 9.17) is 6.42 Å². The Morgan fingerprint density at radius 2 is 1.89 bits per heavy atom. The molecule has 0 radical (unpaired) electrons. The smallest absolute Gasteiger partial charge is 0.123 e. The Kier molecular flexibility index (Phi) is 6.62.